The molecule has 5 heteroatoms. The van der Waals surface area contributed by atoms with Gasteiger partial charge in [-0.25, -0.2) is 0 Å². The highest BCUT2D eigenvalue weighted by atomic mass is 16.2. The highest BCUT2D eigenvalue weighted by molar-refractivity contribution is 5.98. The summed E-state index contributed by atoms with van der Waals surface area (Å²) in [6, 6.07) is 19.2. The van der Waals surface area contributed by atoms with E-state index in [9.17, 15) is 9.59 Å². The smallest absolute Gasteiger partial charge is 0.255 e. The fourth-order valence-electron chi connectivity index (χ4n) is 4.53. The van der Waals surface area contributed by atoms with Crippen LogP contribution in [0.15, 0.2) is 67.0 Å². The summed E-state index contributed by atoms with van der Waals surface area (Å²) in [5.41, 5.74) is 11.9. The van der Waals surface area contributed by atoms with Crippen molar-refractivity contribution in [2.24, 2.45) is 5.73 Å². The largest absolute Gasteiger partial charge is 0.366 e. The van der Waals surface area contributed by atoms with E-state index in [1.165, 1.54) is 53.6 Å². The van der Waals surface area contributed by atoms with E-state index in [-0.39, 0.29) is 11.5 Å². The maximum atomic E-state index is 12.2. The van der Waals surface area contributed by atoms with Crippen molar-refractivity contribution in [2.75, 3.05) is 13.1 Å². The van der Waals surface area contributed by atoms with Gasteiger partial charge in [-0.05, 0) is 54.0 Å². The van der Waals surface area contributed by atoms with Crippen LogP contribution in [0.4, 0.5) is 0 Å². The molecule has 1 aromatic heterocycles. The second-order valence-corrected chi connectivity index (χ2v) is 8.74. The number of hydrogen-bond acceptors (Lipinski definition) is 3. The molecule has 0 atom stereocenters. The maximum absolute atomic E-state index is 12.2. The van der Waals surface area contributed by atoms with Gasteiger partial charge in [-0.3, -0.25) is 14.6 Å². The summed E-state index contributed by atoms with van der Waals surface area (Å²) in [5.74, 6) is -0.140. The molecular weight excluding hydrogens is 422 g/mol. The average molecular weight is 458 g/mol. The van der Waals surface area contributed by atoms with E-state index in [0.717, 1.165) is 12.8 Å². The molecule has 0 saturated carbocycles. The summed E-state index contributed by atoms with van der Waals surface area (Å²) in [6.07, 6.45) is 6.98. The number of carbonyl (C=O) groups excluding carboxylic acids is 2. The Bertz CT molecular complexity index is 1070. The number of aromatic nitrogens is 1. The molecule has 0 unspecified atom stereocenters. The highest BCUT2D eigenvalue weighted by Crippen LogP contribution is 2.33. The van der Waals surface area contributed by atoms with E-state index < -0.39 is 5.91 Å². The van der Waals surface area contributed by atoms with Gasteiger partial charge in [0, 0.05) is 31.4 Å². The molecule has 0 saturated heterocycles. The Hall–Kier alpha value is -3.47. The predicted octanol–water partition coefficient (Wildman–Crippen LogP) is 5.38. The van der Waals surface area contributed by atoms with Gasteiger partial charge in [0.1, 0.15) is 0 Å². The van der Waals surface area contributed by atoms with Gasteiger partial charge in [0.05, 0.1) is 11.1 Å². The van der Waals surface area contributed by atoms with Crippen LogP contribution < -0.4 is 5.73 Å². The van der Waals surface area contributed by atoms with Gasteiger partial charge in [-0.2, -0.15) is 0 Å². The molecule has 0 fully saturated rings. The van der Waals surface area contributed by atoms with E-state index >= 15 is 0 Å². The van der Waals surface area contributed by atoms with Gasteiger partial charge >= 0.3 is 0 Å². The van der Waals surface area contributed by atoms with Crippen molar-refractivity contribution in [3.05, 3.63) is 100 Å². The monoisotopic (exact) mass is 457 g/mol. The van der Waals surface area contributed by atoms with Crippen molar-refractivity contribution < 1.29 is 9.59 Å². The number of amides is 2. The first-order chi connectivity index (χ1) is 16.5. The molecule has 4 rings (SSSR count). The molecule has 2 amide bonds. The number of benzene rings is 2. The summed E-state index contributed by atoms with van der Waals surface area (Å²) in [5, 5.41) is 0. The topological polar surface area (TPSA) is 76.3 Å². The Morgan fingerprint density at radius 3 is 1.88 bits per heavy atom. The van der Waals surface area contributed by atoms with Crippen LogP contribution in [0.25, 0.3) is 0 Å². The van der Waals surface area contributed by atoms with Gasteiger partial charge in [0.25, 0.3) is 5.91 Å². The van der Waals surface area contributed by atoms with Gasteiger partial charge in [0.2, 0.25) is 5.91 Å². The number of nitrogens with two attached hydrogens (primary N) is 1. The number of aryl methyl sites for hydroxylation is 2. The van der Waals surface area contributed by atoms with Crippen LogP contribution in [0, 0.1) is 0 Å². The quantitative estimate of drug-likeness (QED) is 0.540. The average Bonchev–Trinajstić information content (AvgIpc) is 3.01. The Balaban J connectivity index is 0.000000191. The standard InChI is InChI=1S/C16H16.C13H19N3O2/c1-12-15-8-4-2-6-13(15)10-11-14-7-3-5-9-16(12)14;1-3-5-16(6-4-2)13(18)11-7-10(12(14)17)8-15-9-11/h2-9,12H,10-11H2,1H3;7-9H,3-6H2,1-2H3,(H2,14,17). The Morgan fingerprint density at radius 1 is 0.882 bits per heavy atom. The third-order valence-corrected chi connectivity index (χ3v) is 6.25. The number of pyridine rings is 1. The maximum Gasteiger partial charge on any atom is 0.255 e. The number of carbonyl (C=O) groups is 2. The van der Waals surface area contributed by atoms with Crippen LogP contribution in [0.2, 0.25) is 0 Å². The van der Waals surface area contributed by atoms with Crippen LogP contribution in [-0.4, -0.2) is 34.8 Å². The number of nitrogens with zero attached hydrogens (tertiary/aromatic N) is 2. The van der Waals surface area contributed by atoms with Crippen molar-refractivity contribution in [1.29, 1.82) is 0 Å². The van der Waals surface area contributed by atoms with Gasteiger partial charge < -0.3 is 10.6 Å². The van der Waals surface area contributed by atoms with Crippen LogP contribution >= 0.6 is 0 Å². The first-order valence-corrected chi connectivity index (χ1v) is 12.2. The van der Waals surface area contributed by atoms with Crippen LogP contribution in [-0.2, 0) is 12.8 Å². The van der Waals surface area contributed by atoms with E-state index in [2.05, 4.69) is 60.4 Å². The molecule has 2 aromatic carbocycles. The molecule has 178 valence electrons. The molecule has 1 aliphatic carbocycles. The molecular formula is C29H35N3O2. The third kappa shape index (κ3) is 6.10. The fraction of sp³-hybridized carbons (Fsp3) is 0.345. The van der Waals surface area contributed by atoms with Crippen LogP contribution in [0.1, 0.15) is 82.5 Å². The zero-order chi connectivity index (χ0) is 24.5. The summed E-state index contributed by atoms with van der Waals surface area (Å²) < 4.78 is 0. The minimum absolute atomic E-state index is 0.102. The number of fused-ring (bicyclic) bond motifs is 2. The normalized spacial score (nSPS) is 12.4. The van der Waals surface area contributed by atoms with Crippen molar-refractivity contribution in [1.82, 2.24) is 9.88 Å². The van der Waals surface area contributed by atoms with E-state index in [1.807, 2.05) is 13.8 Å². The van der Waals surface area contributed by atoms with E-state index in [1.54, 1.807) is 4.90 Å². The van der Waals surface area contributed by atoms with E-state index in [4.69, 9.17) is 5.73 Å². The van der Waals surface area contributed by atoms with Crippen molar-refractivity contribution in [3.63, 3.8) is 0 Å². The van der Waals surface area contributed by atoms with E-state index in [0.29, 0.717) is 24.6 Å². The first kappa shape index (κ1) is 25.2. The lowest BCUT2D eigenvalue weighted by Crippen LogP contribution is -2.32. The summed E-state index contributed by atoms with van der Waals surface area (Å²) in [6.45, 7) is 7.77. The zero-order valence-corrected chi connectivity index (χ0v) is 20.5. The summed E-state index contributed by atoms with van der Waals surface area (Å²) in [4.78, 5) is 28.9. The molecule has 3 aromatic rings. The molecule has 0 aliphatic heterocycles. The molecule has 0 radical (unpaired) electrons. The molecule has 0 bridgehead atoms. The lowest BCUT2D eigenvalue weighted by molar-refractivity contribution is 0.0755. The van der Waals surface area contributed by atoms with Gasteiger partial charge in [0.15, 0.2) is 0 Å². The number of hydrogen-bond donors (Lipinski definition) is 1. The summed E-state index contributed by atoms with van der Waals surface area (Å²) in [7, 11) is 0. The molecule has 34 heavy (non-hydrogen) atoms. The molecule has 2 N–H and O–H groups in total. The minimum Gasteiger partial charge on any atom is -0.366 e. The van der Waals surface area contributed by atoms with Crippen molar-refractivity contribution in [2.45, 2.75) is 52.4 Å². The van der Waals surface area contributed by atoms with Crippen LogP contribution in [0.5, 0.6) is 0 Å². The highest BCUT2D eigenvalue weighted by Gasteiger charge is 2.19. The number of rotatable bonds is 6. The molecule has 1 aliphatic rings. The zero-order valence-electron chi connectivity index (χ0n) is 20.5. The Labute approximate surface area is 203 Å². The second-order valence-electron chi connectivity index (χ2n) is 8.74. The lowest BCUT2D eigenvalue weighted by atomic mass is 9.90. The summed E-state index contributed by atoms with van der Waals surface area (Å²) >= 11 is 0. The predicted molar refractivity (Wildman–Crippen MR) is 137 cm³/mol. The minimum atomic E-state index is -0.574. The molecule has 1 heterocycles. The first-order valence-electron chi connectivity index (χ1n) is 12.2. The fourth-order valence-corrected chi connectivity index (χ4v) is 4.53. The molecule has 0 spiro atoms. The lowest BCUT2D eigenvalue weighted by Gasteiger charge is -2.21. The van der Waals surface area contributed by atoms with Crippen molar-refractivity contribution >= 4 is 11.8 Å². The second kappa shape index (κ2) is 12.1. The van der Waals surface area contributed by atoms with Crippen LogP contribution in [0.3, 0.4) is 0 Å². The number of primary amides is 1. The third-order valence-electron chi connectivity index (χ3n) is 6.25. The Kier molecular flexibility index (Phi) is 8.97. The van der Waals surface area contributed by atoms with Gasteiger partial charge in [-0.1, -0.05) is 69.3 Å². The van der Waals surface area contributed by atoms with Gasteiger partial charge in [-0.15, -0.1) is 0 Å². The SMILES string of the molecule is CC1c2ccccc2CCc2ccccc21.CCCN(CCC)C(=O)c1cncc(C(N)=O)c1. The van der Waals surface area contributed by atoms with Crippen molar-refractivity contribution in [3.8, 4) is 0 Å². The molecule has 5 nitrogen and oxygen atoms in total. The Morgan fingerprint density at radius 2 is 1.38 bits per heavy atom.